The summed E-state index contributed by atoms with van der Waals surface area (Å²) in [5, 5.41) is 0. The first-order valence-corrected chi connectivity index (χ1v) is 27.0. The van der Waals surface area contributed by atoms with Crippen molar-refractivity contribution in [1.82, 2.24) is 9.80 Å². The van der Waals surface area contributed by atoms with Crippen molar-refractivity contribution in [3.63, 3.8) is 0 Å². The van der Waals surface area contributed by atoms with Gasteiger partial charge in [-0.25, -0.2) is 9.59 Å². The minimum Gasteiger partial charge on any atom is -0.453 e. The number of nitrogens with zero attached hydrogens (tertiary/aromatic N) is 2. The van der Waals surface area contributed by atoms with Crippen molar-refractivity contribution in [3.8, 4) is 0 Å². The number of rotatable bonds is 33. The minimum absolute atomic E-state index is 0.00754. The molecule has 0 fully saturated rings. The zero-order valence-corrected chi connectivity index (χ0v) is 47.2. The number of alkyl halides is 2. The van der Waals surface area contributed by atoms with Crippen molar-refractivity contribution < 1.29 is 57.3 Å². The quantitative estimate of drug-likeness (QED) is 0.0286. The van der Waals surface area contributed by atoms with Crippen molar-refractivity contribution in [1.29, 1.82) is 0 Å². The molecule has 2 rings (SSSR count). The number of aldehydes is 1. The predicted octanol–water partition coefficient (Wildman–Crippen LogP) is 10.1. The van der Waals surface area contributed by atoms with Gasteiger partial charge < -0.3 is 28.7 Å². The van der Waals surface area contributed by atoms with Gasteiger partial charge in [0.25, 0.3) is 11.8 Å². The lowest BCUT2D eigenvalue weighted by Crippen LogP contribution is -2.49. The summed E-state index contributed by atoms with van der Waals surface area (Å²) in [5.41, 5.74) is 3.28. The Kier molecular flexibility index (Phi) is 28.6. The molecule has 2 amide bonds. The van der Waals surface area contributed by atoms with Crippen LogP contribution in [-0.4, -0.2) is 108 Å². The highest BCUT2D eigenvalue weighted by atomic mass is 35.5. The van der Waals surface area contributed by atoms with Crippen LogP contribution < -0.4 is 0 Å². The molecule has 2 aromatic rings. The average molecular weight is 1060 g/mol. The average Bonchev–Trinajstić information content (AvgIpc) is 3.34. The highest BCUT2D eigenvalue weighted by Gasteiger charge is 2.37. The summed E-state index contributed by atoms with van der Waals surface area (Å²) in [6, 6.07) is 12.5. The van der Waals surface area contributed by atoms with Crippen molar-refractivity contribution in [2.24, 2.45) is 35.5 Å². The van der Waals surface area contributed by atoms with Crippen LogP contribution in [0.2, 0.25) is 0 Å². The Morgan fingerprint density at radius 2 is 0.945 bits per heavy atom. The Balaban J connectivity index is 2.24. The molecule has 73 heavy (non-hydrogen) atoms. The molecule has 16 heteroatoms. The fraction of sp³-hybridized carbons (Fsp3) is 0.649. The predicted molar refractivity (Wildman–Crippen MR) is 283 cm³/mol. The number of carbonyl (C=O) groups excluding carboxylic acids is 8. The zero-order valence-electron chi connectivity index (χ0n) is 45.7. The molecule has 0 N–H and O–H groups in total. The highest BCUT2D eigenvalue weighted by Crippen LogP contribution is 2.27. The van der Waals surface area contributed by atoms with Gasteiger partial charge in [-0.3, -0.25) is 28.8 Å². The molecule has 0 saturated heterocycles. The molecule has 0 radical (unpaired) electrons. The lowest BCUT2D eigenvalue weighted by Gasteiger charge is -2.31. The highest BCUT2D eigenvalue weighted by molar-refractivity contribution is 6.17. The molecular weight excluding hydrogens is 976 g/mol. The summed E-state index contributed by atoms with van der Waals surface area (Å²) >= 11 is 12.0. The molecular formula is C57H84Cl2N2O12. The van der Waals surface area contributed by atoms with E-state index >= 15 is 0 Å². The van der Waals surface area contributed by atoms with Crippen LogP contribution in [-0.2, 0) is 81.9 Å². The molecule has 0 spiro atoms. The maximum atomic E-state index is 14.2. The van der Waals surface area contributed by atoms with E-state index < -0.39 is 78.1 Å². The van der Waals surface area contributed by atoms with Gasteiger partial charge in [-0.05, 0) is 104 Å². The van der Waals surface area contributed by atoms with Crippen LogP contribution >= 0.6 is 23.2 Å². The fourth-order valence-corrected chi connectivity index (χ4v) is 8.76. The standard InChI is InChI=1S/C57H84Cl2N2O12/c1-35(2)14-25-52(64)70-40(10)53(65)61(13)49(28-38(7)8)57(69)73-51(31-43-18-22-45(33-59)23-19-43)50(63)24-15-39(9)29-46(26-36(3)4)55(67)71-41(11)54(66)60(12)48(27-37(5)6)56(68)72-47(34-62)30-42-16-20-44(32-58)21-17-42/h16-23,34-41,46-49,51H,14-15,24-33H2,1-13H3/t39?,40-,41-,46-,47-,48+,49+,51-/m1/s1. The van der Waals surface area contributed by atoms with Gasteiger partial charge in [0.05, 0.1) is 5.92 Å². The van der Waals surface area contributed by atoms with E-state index in [0.717, 1.165) is 22.3 Å². The molecule has 0 aliphatic rings. The summed E-state index contributed by atoms with van der Waals surface area (Å²) in [6.45, 7) is 20.3. The van der Waals surface area contributed by atoms with Gasteiger partial charge in [-0.15, -0.1) is 23.2 Å². The number of benzene rings is 2. The van der Waals surface area contributed by atoms with Gasteiger partial charge in [0, 0.05) is 51.5 Å². The smallest absolute Gasteiger partial charge is 0.329 e. The number of likely N-dealkylation sites (N-methyl/N-ethyl adjacent to an activating group) is 2. The van der Waals surface area contributed by atoms with Crippen LogP contribution in [0.25, 0.3) is 0 Å². The largest absolute Gasteiger partial charge is 0.453 e. The fourth-order valence-electron chi connectivity index (χ4n) is 8.40. The molecule has 0 saturated carbocycles. The lowest BCUT2D eigenvalue weighted by atomic mass is 9.86. The van der Waals surface area contributed by atoms with E-state index in [-0.39, 0.29) is 73.9 Å². The van der Waals surface area contributed by atoms with Crippen LogP contribution in [0, 0.1) is 35.5 Å². The minimum atomic E-state index is -1.26. The van der Waals surface area contributed by atoms with E-state index in [2.05, 4.69) is 0 Å². The second-order valence-electron chi connectivity index (χ2n) is 21.4. The molecule has 0 heterocycles. The van der Waals surface area contributed by atoms with Crippen LogP contribution in [0.15, 0.2) is 48.5 Å². The van der Waals surface area contributed by atoms with Crippen molar-refractivity contribution in [2.45, 2.75) is 189 Å². The third kappa shape index (κ3) is 23.1. The second kappa shape index (κ2) is 32.5. The van der Waals surface area contributed by atoms with Gasteiger partial charge in [-0.2, -0.15) is 0 Å². The summed E-state index contributed by atoms with van der Waals surface area (Å²) < 4.78 is 23.0. The van der Waals surface area contributed by atoms with E-state index in [1.165, 1.54) is 37.7 Å². The van der Waals surface area contributed by atoms with E-state index in [4.69, 9.17) is 42.1 Å². The molecule has 14 nitrogen and oxygen atoms in total. The van der Waals surface area contributed by atoms with Gasteiger partial charge in [0.1, 0.15) is 12.1 Å². The van der Waals surface area contributed by atoms with Crippen molar-refractivity contribution >= 4 is 71.0 Å². The number of Topliss-reactive ketones (excluding diaryl/α,β-unsaturated/α-hetero) is 1. The van der Waals surface area contributed by atoms with E-state index in [1.54, 1.807) is 0 Å². The monoisotopic (exact) mass is 1060 g/mol. The molecule has 8 atom stereocenters. The van der Waals surface area contributed by atoms with Crippen LogP contribution in [0.5, 0.6) is 0 Å². The Morgan fingerprint density at radius 3 is 1.38 bits per heavy atom. The number of hydrogen-bond donors (Lipinski definition) is 0. The van der Waals surface area contributed by atoms with Crippen LogP contribution in [0.4, 0.5) is 0 Å². The summed E-state index contributed by atoms with van der Waals surface area (Å²) in [6.07, 6.45) is -1.60. The first kappa shape index (κ1) is 64.3. The molecule has 0 aromatic heterocycles. The van der Waals surface area contributed by atoms with Gasteiger partial charge in [0.15, 0.2) is 36.5 Å². The maximum Gasteiger partial charge on any atom is 0.329 e. The Morgan fingerprint density at radius 1 is 0.507 bits per heavy atom. The molecule has 0 aliphatic carbocycles. The topological polar surface area (TPSA) is 180 Å². The number of esters is 4. The molecule has 408 valence electrons. The third-order valence-electron chi connectivity index (χ3n) is 12.7. The normalized spacial score (nSPS) is 14.8. The van der Waals surface area contributed by atoms with E-state index in [1.807, 2.05) is 111 Å². The first-order valence-electron chi connectivity index (χ1n) is 25.9. The van der Waals surface area contributed by atoms with Crippen LogP contribution in [0.1, 0.15) is 150 Å². The summed E-state index contributed by atoms with van der Waals surface area (Å²) in [7, 11) is 2.91. The number of halogens is 2. The number of hydrogen-bond acceptors (Lipinski definition) is 12. The van der Waals surface area contributed by atoms with Crippen LogP contribution in [0.3, 0.4) is 0 Å². The zero-order chi connectivity index (χ0) is 55.1. The number of amides is 2. The maximum absolute atomic E-state index is 14.2. The summed E-state index contributed by atoms with van der Waals surface area (Å²) in [5.74, 6) is -4.07. The van der Waals surface area contributed by atoms with E-state index in [9.17, 15) is 38.4 Å². The van der Waals surface area contributed by atoms with Gasteiger partial charge in [-0.1, -0.05) is 111 Å². The van der Waals surface area contributed by atoms with Gasteiger partial charge in [0.2, 0.25) is 0 Å². The Labute approximate surface area is 445 Å². The third-order valence-corrected chi connectivity index (χ3v) is 13.3. The number of ketones is 1. The second-order valence-corrected chi connectivity index (χ2v) is 21.9. The van der Waals surface area contributed by atoms with Crippen molar-refractivity contribution in [3.05, 3.63) is 70.8 Å². The molecule has 0 aliphatic heterocycles. The molecule has 1 unspecified atom stereocenters. The van der Waals surface area contributed by atoms with Gasteiger partial charge >= 0.3 is 23.9 Å². The van der Waals surface area contributed by atoms with Crippen molar-refractivity contribution in [2.75, 3.05) is 14.1 Å². The Hall–Kier alpha value is -4.82. The first-order chi connectivity index (χ1) is 34.3. The SMILES string of the molecule is CC(C)CCC(=O)O[C@H](C)C(=O)N(C)[C@@H](CC(C)C)C(=O)O[C@H](Cc1ccc(CCl)cc1)C(=O)CCC(C)C[C@@H](CC(C)C)C(=O)O[C@H](C)C(=O)N(C)[C@@H](CC(C)C)C(=O)O[C@@H](C=O)Cc1ccc(CCl)cc1. The molecule has 0 bridgehead atoms. The lowest BCUT2D eigenvalue weighted by molar-refractivity contribution is -0.168. The number of ether oxygens (including phenoxy) is 4. The summed E-state index contributed by atoms with van der Waals surface area (Å²) in [4.78, 5) is 110. The van der Waals surface area contributed by atoms with E-state index in [0.29, 0.717) is 43.7 Å². The Bertz CT molecular complexity index is 2080. The number of carbonyl (C=O) groups is 8. The molecule has 2 aromatic carbocycles.